The molecule has 0 unspecified atom stereocenters. The summed E-state index contributed by atoms with van der Waals surface area (Å²) in [5, 5.41) is 11.4. The minimum absolute atomic E-state index is 0.102. The van der Waals surface area contributed by atoms with Crippen molar-refractivity contribution in [3.63, 3.8) is 0 Å². The summed E-state index contributed by atoms with van der Waals surface area (Å²) in [6.07, 6.45) is 1.52. The van der Waals surface area contributed by atoms with E-state index in [0.717, 1.165) is 17.3 Å². The summed E-state index contributed by atoms with van der Waals surface area (Å²) in [4.78, 5) is 12.2. The second kappa shape index (κ2) is 7.62. The van der Waals surface area contributed by atoms with Crippen molar-refractivity contribution in [1.82, 2.24) is 10.2 Å². The van der Waals surface area contributed by atoms with Crippen molar-refractivity contribution in [2.75, 3.05) is 18.2 Å². The standard InChI is InChI=1S/C16H14ClN3O4S/c1-9-6-11(13(22-2)7-10(9)17)18-14(21)8-25-16-20-19-15(24-16)12-4-3-5-23-12/h3-7H,8H2,1-2H3,(H,18,21). The Kier molecular flexibility index (Phi) is 5.30. The van der Waals surface area contributed by atoms with Crippen molar-refractivity contribution in [2.24, 2.45) is 0 Å². The van der Waals surface area contributed by atoms with Gasteiger partial charge in [-0.1, -0.05) is 23.4 Å². The smallest absolute Gasteiger partial charge is 0.284 e. The van der Waals surface area contributed by atoms with Gasteiger partial charge >= 0.3 is 0 Å². The molecule has 1 amide bonds. The predicted octanol–water partition coefficient (Wildman–Crippen LogP) is 4.03. The van der Waals surface area contributed by atoms with Crippen LogP contribution in [0, 0.1) is 6.92 Å². The molecule has 2 heterocycles. The third-order valence-corrected chi connectivity index (χ3v) is 4.45. The van der Waals surface area contributed by atoms with E-state index in [0.29, 0.717) is 22.2 Å². The van der Waals surface area contributed by atoms with Gasteiger partial charge in [0.05, 0.1) is 24.8 Å². The van der Waals surface area contributed by atoms with E-state index < -0.39 is 0 Å². The summed E-state index contributed by atoms with van der Waals surface area (Å²) < 4.78 is 15.8. The maximum atomic E-state index is 12.2. The SMILES string of the molecule is COc1cc(Cl)c(C)cc1NC(=O)CSc1nnc(-c2ccco2)o1. The quantitative estimate of drug-likeness (QED) is 0.646. The van der Waals surface area contributed by atoms with Gasteiger partial charge in [0.1, 0.15) is 5.75 Å². The monoisotopic (exact) mass is 379 g/mol. The molecule has 1 aromatic carbocycles. The van der Waals surface area contributed by atoms with Gasteiger partial charge in [-0.15, -0.1) is 10.2 Å². The van der Waals surface area contributed by atoms with Crippen molar-refractivity contribution in [3.05, 3.63) is 41.1 Å². The molecule has 2 aromatic heterocycles. The number of carbonyl (C=O) groups excluding carboxylic acids is 1. The van der Waals surface area contributed by atoms with Crippen molar-refractivity contribution in [2.45, 2.75) is 12.1 Å². The molecule has 3 rings (SSSR count). The minimum atomic E-state index is -0.234. The lowest BCUT2D eigenvalue weighted by Gasteiger charge is -2.11. The number of hydrogen-bond acceptors (Lipinski definition) is 7. The Morgan fingerprint density at radius 1 is 1.40 bits per heavy atom. The van der Waals surface area contributed by atoms with Crippen LogP contribution in [-0.4, -0.2) is 29.0 Å². The zero-order valence-corrected chi connectivity index (χ0v) is 15.0. The van der Waals surface area contributed by atoms with Crippen molar-refractivity contribution in [3.8, 4) is 17.4 Å². The van der Waals surface area contributed by atoms with Gasteiger partial charge in [0.15, 0.2) is 5.76 Å². The number of hydrogen-bond donors (Lipinski definition) is 1. The van der Waals surface area contributed by atoms with Crippen LogP contribution >= 0.6 is 23.4 Å². The normalized spacial score (nSPS) is 10.7. The molecule has 0 fully saturated rings. The Balaban J connectivity index is 1.61. The molecule has 0 spiro atoms. The lowest BCUT2D eigenvalue weighted by Crippen LogP contribution is -2.15. The Morgan fingerprint density at radius 2 is 2.24 bits per heavy atom. The van der Waals surface area contributed by atoms with Gasteiger partial charge in [-0.3, -0.25) is 4.79 Å². The van der Waals surface area contributed by atoms with Gasteiger partial charge in [0.2, 0.25) is 5.91 Å². The lowest BCUT2D eigenvalue weighted by molar-refractivity contribution is -0.113. The third kappa shape index (κ3) is 4.15. The summed E-state index contributed by atoms with van der Waals surface area (Å²) >= 11 is 7.18. The summed E-state index contributed by atoms with van der Waals surface area (Å²) in [6.45, 7) is 1.85. The van der Waals surface area contributed by atoms with E-state index in [2.05, 4.69) is 15.5 Å². The molecule has 0 saturated heterocycles. The number of nitrogens with zero attached hydrogens (tertiary/aromatic N) is 2. The van der Waals surface area contributed by atoms with Gasteiger partial charge in [-0.05, 0) is 30.7 Å². The molecular formula is C16H14ClN3O4S. The van der Waals surface area contributed by atoms with Crippen LogP contribution in [0.25, 0.3) is 11.7 Å². The van der Waals surface area contributed by atoms with Crippen LogP contribution in [0.15, 0.2) is 44.6 Å². The molecule has 0 aliphatic heterocycles. The van der Waals surface area contributed by atoms with Gasteiger partial charge < -0.3 is 18.9 Å². The van der Waals surface area contributed by atoms with Crippen LogP contribution in [-0.2, 0) is 4.79 Å². The average Bonchev–Trinajstić information content (AvgIpc) is 3.27. The highest BCUT2D eigenvalue weighted by molar-refractivity contribution is 7.99. The fourth-order valence-corrected chi connectivity index (χ4v) is 2.73. The van der Waals surface area contributed by atoms with Crippen LogP contribution < -0.4 is 10.1 Å². The number of methoxy groups -OCH3 is 1. The molecular weight excluding hydrogens is 366 g/mol. The second-order valence-electron chi connectivity index (χ2n) is 4.99. The largest absolute Gasteiger partial charge is 0.495 e. The van der Waals surface area contributed by atoms with E-state index in [9.17, 15) is 4.79 Å². The van der Waals surface area contributed by atoms with Gasteiger partial charge in [-0.2, -0.15) is 0 Å². The van der Waals surface area contributed by atoms with Crippen LogP contribution in [0.3, 0.4) is 0 Å². The van der Waals surface area contributed by atoms with Gasteiger partial charge in [0.25, 0.3) is 11.1 Å². The molecule has 0 aliphatic rings. The zero-order chi connectivity index (χ0) is 17.8. The number of halogens is 1. The predicted molar refractivity (Wildman–Crippen MR) is 94.1 cm³/mol. The molecule has 0 bridgehead atoms. The lowest BCUT2D eigenvalue weighted by atomic mass is 10.2. The van der Waals surface area contributed by atoms with Crippen molar-refractivity contribution in [1.29, 1.82) is 0 Å². The number of benzene rings is 1. The van der Waals surface area contributed by atoms with Crippen LogP contribution in [0.4, 0.5) is 5.69 Å². The van der Waals surface area contributed by atoms with E-state index in [4.69, 9.17) is 25.2 Å². The van der Waals surface area contributed by atoms with Crippen LogP contribution in [0.5, 0.6) is 5.75 Å². The maximum Gasteiger partial charge on any atom is 0.284 e. The zero-order valence-electron chi connectivity index (χ0n) is 13.4. The number of aryl methyl sites for hydroxylation is 1. The Labute approximate surface area is 152 Å². The summed E-state index contributed by atoms with van der Waals surface area (Å²) in [7, 11) is 1.51. The highest BCUT2D eigenvalue weighted by Crippen LogP contribution is 2.31. The van der Waals surface area contributed by atoms with E-state index in [1.807, 2.05) is 6.92 Å². The highest BCUT2D eigenvalue weighted by Gasteiger charge is 2.14. The molecule has 9 heteroatoms. The summed E-state index contributed by atoms with van der Waals surface area (Å²) in [6, 6.07) is 6.85. The van der Waals surface area contributed by atoms with E-state index >= 15 is 0 Å². The van der Waals surface area contributed by atoms with E-state index in [1.165, 1.54) is 13.4 Å². The molecule has 0 aliphatic carbocycles. The fourth-order valence-electron chi connectivity index (χ4n) is 2.01. The average molecular weight is 380 g/mol. The first-order chi connectivity index (χ1) is 12.1. The second-order valence-corrected chi connectivity index (χ2v) is 6.32. The Hall–Kier alpha value is -2.45. The molecule has 7 nitrogen and oxygen atoms in total. The number of amides is 1. The molecule has 130 valence electrons. The number of anilines is 1. The third-order valence-electron chi connectivity index (χ3n) is 3.22. The molecule has 0 radical (unpaired) electrons. The topological polar surface area (TPSA) is 90.4 Å². The number of ether oxygens (including phenoxy) is 1. The summed E-state index contributed by atoms with van der Waals surface area (Å²) in [5.74, 6) is 1.10. The van der Waals surface area contributed by atoms with Gasteiger partial charge in [-0.25, -0.2) is 0 Å². The van der Waals surface area contributed by atoms with Crippen LogP contribution in [0.1, 0.15) is 5.56 Å². The minimum Gasteiger partial charge on any atom is -0.495 e. The Bertz CT molecular complexity index is 880. The number of carbonyl (C=O) groups is 1. The molecule has 0 saturated carbocycles. The molecule has 1 N–H and O–H groups in total. The first-order valence-corrected chi connectivity index (χ1v) is 8.57. The highest BCUT2D eigenvalue weighted by atomic mass is 35.5. The van der Waals surface area contributed by atoms with E-state index in [-0.39, 0.29) is 22.8 Å². The molecule has 0 atom stereocenters. The Morgan fingerprint density at radius 3 is 2.96 bits per heavy atom. The summed E-state index contributed by atoms with van der Waals surface area (Å²) in [5.41, 5.74) is 1.39. The first kappa shape index (κ1) is 17.4. The number of aromatic nitrogens is 2. The number of rotatable bonds is 6. The first-order valence-electron chi connectivity index (χ1n) is 7.21. The van der Waals surface area contributed by atoms with Crippen LogP contribution in [0.2, 0.25) is 5.02 Å². The van der Waals surface area contributed by atoms with E-state index in [1.54, 1.807) is 24.3 Å². The maximum absolute atomic E-state index is 12.2. The number of nitrogens with one attached hydrogen (secondary N) is 1. The molecule has 25 heavy (non-hydrogen) atoms. The number of thioether (sulfide) groups is 1. The molecule has 3 aromatic rings. The van der Waals surface area contributed by atoms with Gasteiger partial charge in [0, 0.05) is 11.1 Å². The van der Waals surface area contributed by atoms with Crippen molar-refractivity contribution >= 4 is 35.0 Å². The van der Waals surface area contributed by atoms with Crippen molar-refractivity contribution < 1.29 is 18.4 Å². The fraction of sp³-hybridized carbons (Fsp3) is 0.188. The number of furan rings is 1.